The van der Waals surface area contributed by atoms with Crippen LogP contribution in [-0.2, 0) is 4.79 Å². The van der Waals surface area contributed by atoms with Gasteiger partial charge in [-0.15, -0.1) is 0 Å². The fraction of sp³-hybridized carbons (Fsp3) is 0.333. The van der Waals surface area contributed by atoms with E-state index in [0.717, 1.165) is 12.0 Å². The molecule has 0 aliphatic carbocycles. The van der Waals surface area contributed by atoms with Gasteiger partial charge in [0.1, 0.15) is 5.41 Å². The molecule has 1 saturated heterocycles. The number of nitrogens with one attached hydrogen (secondary N) is 1. The molecule has 0 saturated carbocycles. The lowest BCUT2D eigenvalue weighted by molar-refractivity contribution is -0.130. The minimum atomic E-state index is -0.871. The largest absolute Gasteiger partial charge is 0.355 e. The molecule has 2 rings (SSSR count). The van der Waals surface area contributed by atoms with E-state index in [1.807, 2.05) is 42.5 Å². The predicted molar refractivity (Wildman–Crippen MR) is 70.4 cm³/mol. The van der Waals surface area contributed by atoms with Gasteiger partial charge in [0.2, 0.25) is 5.91 Å². The van der Waals surface area contributed by atoms with Gasteiger partial charge in [-0.3, -0.25) is 4.79 Å². The van der Waals surface area contributed by atoms with Gasteiger partial charge >= 0.3 is 0 Å². The lowest BCUT2D eigenvalue weighted by atomic mass is 9.78. The molecule has 1 fully saturated rings. The van der Waals surface area contributed by atoms with Crippen LogP contribution in [0.1, 0.15) is 24.8 Å². The summed E-state index contributed by atoms with van der Waals surface area (Å²) in [6.07, 6.45) is 5.88. The highest BCUT2D eigenvalue weighted by Crippen LogP contribution is 2.31. The molecule has 1 aliphatic heterocycles. The van der Waals surface area contributed by atoms with E-state index in [2.05, 4.69) is 11.4 Å². The van der Waals surface area contributed by atoms with E-state index < -0.39 is 5.41 Å². The zero-order valence-electron chi connectivity index (χ0n) is 10.2. The van der Waals surface area contributed by atoms with Crippen LogP contribution in [0.5, 0.6) is 0 Å². The predicted octanol–water partition coefficient (Wildman–Crippen LogP) is 2.51. The van der Waals surface area contributed by atoms with E-state index in [0.29, 0.717) is 19.4 Å². The topological polar surface area (TPSA) is 52.9 Å². The summed E-state index contributed by atoms with van der Waals surface area (Å²) in [5, 5.41) is 12.0. The maximum absolute atomic E-state index is 11.8. The number of carbonyl (C=O) groups is 1. The minimum Gasteiger partial charge on any atom is -0.355 e. The van der Waals surface area contributed by atoms with Crippen LogP contribution in [0.2, 0.25) is 0 Å². The molecule has 1 amide bonds. The fourth-order valence-corrected chi connectivity index (χ4v) is 2.18. The second kappa shape index (κ2) is 5.50. The van der Waals surface area contributed by atoms with Crippen LogP contribution in [0.15, 0.2) is 36.4 Å². The lowest BCUT2D eigenvalue weighted by Crippen LogP contribution is -2.44. The van der Waals surface area contributed by atoms with Gasteiger partial charge in [0.05, 0.1) is 6.07 Å². The molecule has 92 valence electrons. The van der Waals surface area contributed by atoms with Crippen molar-refractivity contribution in [2.75, 3.05) is 6.54 Å². The summed E-state index contributed by atoms with van der Waals surface area (Å²) >= 11 is 0. The molecule has 0 aromatic heterocycles. The summed E-state index contributed by atoms with van der Waals surface area (Å²) in [4.78, 5) is 11.8. The molecule has 1 aromatic carbocycles. The molecule has 18 heavy (non-hydrogen) atoms. The van der Waals surface area contributed by atoms with Gasteiger partial charge in [-0.1, -0.05) is 42.5 Å². The highest BCUT2D eigenvalue weighted by molar-refractivity contribution is 5.86. The van der Waals surface area contributed by atoms with Crippen molar-refractivity contribution in [1.82, 2.24) is 5.32 Å². The Hall–Kier alpha value is -2.08. The highest BCUT2D eigenvalue weighted by atomic mass is 16.2. The van der Waals surface area contributed by atoms with Crippen molar-refractivity contribution in [2.24, 2.45) is 5.41 Å². The molecule has 1 heterocycles. The zero-order chi connectivity index (χ0) is 12.8. The number of allylic oxidation sites excluding steroid dienone is 1. The van der Waals surface area contributed by atoms with Crippen molar-refractivity contribution >= 4 is 12.0 Å². The Kier molecular flexibility index (Phi) is 3.78. The first kappa shape index (κ1) is 12.4. The number of carbonyl (C=O) groups excluding carboxylic acids is 1. The van der Waals surface area contributed by atoms with Crippen LogP contribution in [0.3, 0.4) is 0 Å². The summed E-state index contributed by atoms with van der Waals surface area (Å²) in [7, 11) is 0. The maximum atomic E-state index is 11.8. The minimum absolute atomic E-state index is 0.131. The number of amides is 1. The molecule has 0 spiro atoms. The van der Waals surface area contributed by atoms with Gasteiger partial charge < -0.3 is 5.32 Å². The number of nitriles is 1. The molecule has 1 aromatic rings. The van der Waals surface area contributed by atoms with Crippen molar-refractivity contribution in [1.29, 1.82) is 5.26 Å². The van der Waals surface area contributed by atoms with Crippen molar-refractivity contribution in [3.8, 4) is 6.07 Å². The van der Waals surface area contributed by atoms with Crippen LogP contribution < -0.4 is 5.32 Å². The summed E-state index contributed by atoms with van der Waals surface area (Å²) in [6.45, 7) is 0.685. The number of rotatable bonds is 3. The zero-order valence-corrected chi connectivity index (χ0v) is 10.2. The highest BCUT2D eigenvalue weighted by Gasteiger charge is 2.39. The average molecular weight is 240 g/mol. The average Bonchev–Trinajstić information content (AvgIpc) is 2.42. The molecule has 0 bridgehead atoms. The summed E-state index contributed by atoms with van der Waals surface area (Å²) in [5.74, 6) is -0.131. The number of piperidine rings is 1. The van der Waals surface area contributed by atoms with E-state index in [1.165, 1.54) is 0 Å². The van der Waals surface area contributed by atoms with Gasteiger partial charge in [0.15, 0.2) is 0 Å². The number of benzene rings is 1. The molecular weight excluding hydrogens is 224 g/mol. The van der Waals surface area contributed by atoms with Crippen molar-refractivity contribution in [3.05, 3.63) is 42.0 Å². The van der Waals surface area contributed by atoms with Gasteiger partial charge in [0.25, 0.3) is 0 Å². The van der Waals surface area contributed by atoms with Gasteiger partial charge in [-0.2, -0.15) is 5.26 Å². The number of hydrogen-bond donors (Lipinski definition) is 1. The standard InChI is InChI=1S/C15H16N2O/c16-12-15(10-5-11-17-14(15)18)9-4-8-13-6-2-1-3-7-13/h1-4,6-8H,5,9-11H2,(H,17,18). The van der Waals surface area contributed by atoms with Crippen molar-refractivity contribution in [2.45, 2.75) is 19.3 Å². The molecule has 3 heteroatoms. The van der Waals surface area contributed by atoms with Gasteiger partial charge in [-0.05, 0) is 24.8 Å². The van der Waals surface area contributed by atoms with Crippen molar-refractivity contribution < 1.29 is 4.79 Å². The Morgan fingerprint density at radius 3 is 2.83 bits per heavy atom. The van der Waals surface area contributed by atoms with Crippen LogP contribution in [0.4, 0.5) is 0 Å². The monoisotopic (exact) mass is 240 g/mol. The molecule has 1 unspecified atom stereocenters. The molecule has 1 atom stereocenters. The molecule has 3 nitrogen and oxygen atoms in total. The smallest absolute Gasteiger partial charge is 0.240 e. The lowest BCUT2D eigenvalue weighted by Gasteiger charge is -2.28. The fourth-order valence-electron chi connectivity index (χ4n) is 2.18. The number of nitrogens with zero attached hydrogens (tertiary/aromatic N) is 1. The first-order valence-electron chi connectivity index (χ1n) is 6.18. The van der Waals surface area contributed by atoms with Gasteiger partial charge in [-0.25, -0.2) is 0 Å². The third-order valence-corrected chi connectivity index (χ3v) is 3.29. The van der Waals surface area contributed by atoms with E-state index in [9.17, 15) is 10.1 Å². The Labute approximate surface area is 107 Å². The second-order valence-corrected chi connectivity index (χ2v) is 4.57. The van der Waals surface area contributed by atoms with Crippen LogP contribution >= 0.6 is 0 Å². The Morgan fingerprint density at radius 2 is 2.17 bits per heavy atom. The van der Waals surface area contributed by atoms with Crippen LogP contribution in [0, 0.1) is 16.7 Å². The Bertz CT molecular complexity index is 487. The first-order valence-corrected chi connectivity index (χ1v) is 6.18. The summed E-state index contributed by atoms with van der Waals surface area (Å²) < 4.78 is 0. The van der Waals surface area contributed by atoms with E-state index in [1.54, 1.807) is 0 Å². The van der Waals surface area contributed by atoms with Crippen molar-refractivity contribution in [3.63, 3.8) is 0 Å². The maximum Gasteiger partial charge on any atom is 0.240 e. The normalized spacial score (nSPS) is 23.6. The number of hydrogen-bond acceptors (Lipinski definition) is 2. The van der Waals surface area contributed by atoms with E-state index in [4.69, 9.17) is 0 Å². The molecular formula is C15H16N2O. The molecule has 1 N–H and O–H groups in total. The summed E-state index contributed by atoms with van der Waals surface area (Å²) in [6, 6.07) is 12.1. The molecule has 0 radical (unpaired) electrons. The van der Waals surface area contributed by atoms with E-state index >= 15 is 0 Å². The molecule has 1 aliphatic rings. The van der Waals surface area contributed by atoms with Crippen LogP contribution in [-0.4, -0.2) is 12.5 Å². The first-order chi connectivity index (χ1) is 8.77. The SMILES string of the molecule is N#CC1(CC=Cc2ccccc2)CCCNC1=O. The van der Waals surface area contributed by atoms with Crippen LogP contribution in [0.25, 0.3) is 6.08 Å². The third kappa shape index (κ3) is 2.60. The Balaban J connectivity index is 2.06. The Morgan fingerprint density at radius 1 is 1.39 bits per heavy atom. The third-order valence-electron chi connectivity index (χ3n) is 3.29. The second-order valence-electron chi connectivity index (χ2n) is 4.57. The van der Waals surface area contributed by atoms with E-state index in [-0.39, 0.29) is 5.91 Å². The quantitative estimate of drug-likeness (QED) is 0.882. The van der Waals surface area contributed by atoms with Gasteiger partial charge in [0, 0.05) is 6.54 Å². The summed E-state index contributed by atoms with van der Waals surface area (Å²) in [5.41, 5.74) is 0.214.